The van der Waals surface area contributed by atoms with E-state index in [4.69, 9.17) is 4.74 Å². The van der Waals surface area contributed by atoms with Crippen LogP contribution < -0.4 is 10.0 Å². The molecule has 1 aliphatic rings. The molecule has 0 fully saturated rings. The van der Waals surface area contributed by atoms with Crippen LogP contribution in [0.2, 0.25) is 0 Å². The lowest BCUT2D eigenvalue weighted by atomic mass is 9.98. The molecule has 0 radical (unpaired) electrons. The summed E-state index contributed by atoms with van der Waals surface area (Å²) in [7, 11) is -2.73. The molecule has 0 saturated heterocycles. The zero-order valence-electron chi connectivity index (χ0n) is 12.0. The molecule has 1 atom stereocenters. The molecule has 0 saturated carbocycles. The van der Waals surface area contributed by atoms with E-state index >= 15 is 0 Å². The van der Waals surface area contributed by atoms with Gasteiger partial charge in [0.1, 0.15) is 11.4 Å². The van der Waals surface area contributed by atoms with E-state index in [9.17, 15) is 9.46 Å². The summed E-state index contributed by atoms with van der Waals surface area (Å²) in [6, 6.07) is 13.1. The highest BCUT2D eigenvalue weighted by Gasteiger charge is 2.22. The Morgan fingerprint density at radius 3 is 2.67 bits per heavy atom. The Labute approximate surface area is 124 Å². The van der Waals surface area contributed by atoms with E-state index in [1.807, 2.05) is 56.3 Å². The molecule has 21 heavy (non-hydrogen) atoms. The molecule has 0 aromatic heterocycles. The summed E-state index contributed by atoms with van der Waals surface area (Å²) in [4.78, 5) is 9.48. The Morgan fingerprint density at radius 2 is 1.90 bits per heavy atom. The van der Waals surface area contributed by atoms with Gasteiger partial charge in [-0.1, -0.05) is 30.3 Å². The smallest absolute Gasteiger partial charge is 0.218 e. The predicted molar refractivity (Wildman–Crippen MR) is 86.5 cm³/mol. The SMILES string of the molecule is CC1(C)C=Cc2cc(-c3ccccc3[PH](=O)O)ccc2O1. The molecule has 3 rings (SSSR count). The molecule has 1 aliphatic heterocycles. The first kappa shape index (κ1) is 14.1. The van der Waals surface area contributed by atoms with E-state index in [1.54, 1.807) is 12.1 Å². The van der Waals surface area contributed by atoms with Gasteiger partial charge in [0.2, 0.25) is 8.03 Å². The van der Waals surface area contributed by atoms with E-state index in [1.165, 1.54) is 0 Å². The number of fused-ring (bicyclic) bond motifs is 1. The van der Waals surface area contributed by atoms with Crippen molar-refractivity contribution >= 4 is 19.4 Å². The topological polar surface area (TPSA) is 46.5 Å². The molecule has 4 heteroatoms. The van der Waals surface area contributed by atoms with Crippen molar-refractivity contribution in [3.8, 4) is 16.9 Å². The van der Waals surface area contributed by atoms with Crippen molar-refractivity contribution in [1.29, 1.82) is 0 Å². The van der Waals surface area contributed by atoms with Crippen LogP contribution >= 0.6 is 8.03 Å². The summed E-state index contributed by atoms with van der Waals surface area (Å²) in [5.74, 6) is 0.834. The third-order valence-corrected chi connectivity index (χ3v) is 4.41. The van der Waals surface area contributed by atoms with Crippen molar-refractivity contribution in [3.63, 3.8) is 0 Å². The summed E-state index contributed by atoms with van der Waals surface area (Å²) < 4.78 is 17.4. The van der Waals surface area contributed by atoms with Gasteiger partial charge in [-0.15, -0.1) is 0 Å². The monoisotopic (exact) mass is 300 g/mol. The number of rotatable bonds is 2. The summed E-state index contributed by atoms with van der Waals surface area (Å²) in [6.07, 6.45) is 4.05. The number of benzene rings is 2. The first-order valence-corrected chi connectivity index (χ1v) is 8.17. The number of hydrogen-bond donors (Lipinski definition) is 1. The van der Waals surface area contributed by atoms with E-state index in [-0.39, 0.29) is 5.60 Å². The molecule has 0 spiro atoms. The van der Waals surface area contributed by atoms with E-state index in [0.717, 1.165) is 22.4 Å². The average molecular weight is 300 g/mol. The second-order valence-electron chi connectivity index (χ2n) is 5.64. The van der Waals surface area contributed by atoms with Crippen LogP contribution in [-0.2, 0) is 4.57 Å². The lowest BCUT2D eigenvalue weighted by molar-refractivity contribution is 0.159. The van der Waals surface area contributed by atoms with Crippen LogP contribution in [0.3, 0.4) is 0 Å². The van der Waals surface area contributed by atoms with Crippen LogP contribution in [0.1, 0.15) is 19.4 Å². The maximum Gasteiger partial charge on any atom is 0.218 e. The highest BCUT2D eigenvalue weighted by atomic mass is 31.1. The Hall–Kier alpha value is -1.83. The van der Waals surface area contributed by atoms with Gasteiger partial charge in [-0.3, -0.25) is 4.57 Å². The van der Waals surface area contributed by atoms with Crippen LogP contribution in [0, 0.1) is 0 Å². The van der Waals surface area contributed by atoms with Gasteiger partial charge in [-0.05, 0) is 49.2 Å². The van der Waals surface area contributed by atoms with Gasteiger partial charge >= 0.3 is 0 Å². The fraction of sp³-hybridized carbons (Fsp3) is 0.176. The molecule has 2 aromatic rings. The molecular weight excluding hydrogens is 283 g/mol. The fourth-order valence-electron chi connectivity index (χ4n) is 2.47. The van der Waals surface area contributed by atoms with Crippen LogP contribution in [-0.4, -0.2) is 10.5 Å². The lowest BCUT2D eigenvalue weighted by Crippen LogP contribution is -2.27. The van der Waals surface area contributed by atoms with Crippen LogP contribution in [0.15, 0.2) is 48.5 Å². The second kappa shape index (κ2) is 5.18. The average Bonchev–Trinajstić information content (AvgIpc) is 2.46. The molecule has 3 nitrogen and oxygen atoms in total. The molecule has 0 bridgehead atoms. The molecule has 1 unspecified atom stereocenters. The number of ether oxygens (including phenoxy) is 1. The summed E-state index contributed by atoms with van der Waals surface area (Å²) >= 11 is 0. The maximum absolute atomic E-state index is 11.5. The third-order valence-electron chi connectivity index (χ3n) is 3.52. The molecule has 2 aromatic carbocycles. The van der Waals surface area contributed by atoms with Gasteiger partial charge in [0.25, 0.3) is 0 Å². The van der Waals surface area contributed by atoms with Gasteiger partial charge in [0, 0.05) is 10.9 Å². The Balaban J connectivity index is 2.09. The standard InChI is InChI=1S/C17H17O3P/c1-17(2)10-9-13-11-12(7-8-15(13)20-17)14-5-3-4-6-16(14)21(18)19/h3-11,21H,1-2H3,(H,18,19). The van der Waals surface area contributed by atoms with Gasteiger partial charge in [0.05, 0.1) is 0 Å². The largest absolute Gasteiger partial charge is 0.483 e. The van der Waals surface area contributed by atoms with E-state index in [2.05, 4.69) is 0 Å². The highest BCUT2D eigenvalue weighted by molar-refractivity contribution is 7.47. The minimum absolute atomic E-state index is 0.303. The van der Waals surface area contributed by atoms with Crippen molar-refractivity contribution in [1.82, 2.24) is 0 Å². The van der Waals surface area contributed by atoms with Crippen LogP contribution in [0.25, 0.3) is 17.2 Å². The minimum Gasteiger partial charge on any atom is -0.483 e. The Bertz CT molecular complexity index is 747. The second-order valence-corrected chi connectivity index (χ2v) is 6.79. The lowest BCUT2D eigenvalue weighted by Gasteiger charge is -2.28. The highest BCUT2D eigenvalue weighted by Crippen LogP contribution is 2.34. The van der Waals surface area contributed by atoms with Crippen molar-refractivity contribution in [2.75, 3.05) is 0 Å². The first-order valence-electron chi connectivity index (χ1n) is 6.81. The van der Waals surface area contributed by atoms with Crippen molar-refractivity contribution in [3.05, 3.63) is 54.1 Å². The quantitative estimate of drug-likeness (QED) is 0.861. The third kappa shape index (κ3) is 2.80. The predicted octanol–water partition coefficient (Wildman–Crippen LogP) is 3.63. The van der Waals surface area contributed by atoms with E-state index < -0.39 is 8.03 Å². The van der Waals surface area contributed by atoms with Crippen molar-refractivity contribution < 1.29 is 14.2 Å². The molecule has 0 amide bonds. The minimum atomic E-state index is -2.73. The van der Waals surface area contributed by atoms with Gasteiger partial charge < -0.3 is 9.63 Å². The van der Waals surface area contributed by atoms with Crippen molar-refractivity contribution in [2.45, 2.75) is 19.4 Å². The van der Waals surface area contributed by atoms with Crippen molar-refractivity contribution in [2.24, 2.45) is 0 Å². The summed E-state index contributed by atoms with van der Waals surface area (Å²) in [5.41, 5.74) is 2.40. The zero-order chi connectivity index (χ0) is 15.0. The molecule has 1 N–H and O–H groups in total. The molecule has 1 heterocycles. The van der Waals surface area contributed by atoms with Gasteiger partial charge in [-0.25, -0.2) is 0 Å². The molecule has 108 valence electrons. The fourth-order valence-corrected chi connectivity index (χ4v) is 3.17. The van der Waals surface area contributed by atoms with Gasteiger partial charge in [-0.2, -0.15) is 0 Å². The van der Waals surface area contributed by atoms with Gasteiger partial charge in [0.15, 0.2) is 0 Å². The maximum atomic E-state index is 11.5. The Morgan fingerprint density at radius 1 is 1.14 bits per heavy atom. The summed E-state index contributed by atoms with van der Waals surface area (Å²) in [6.45, 7) is 4.01. The van der Waals surface area contributed by atoms with E-state index in [0.29, 0.717) is 5.30 Å². The number of hydrogen-bond acceptors (Lipinski definition) is 2. The van der Waals surface area contributed by atoms with Crippen LogP contribution in [0.4, 0.5) is 0 Å². The Kier molecular flexibility index (Phi) is 3.48. The summed E-state index contributed by atoms with van der Waals surface area (Å²) in [5, 5.41) is 0.489. The zero-order valence-corrected chi connectivity index (χ0v) is 13.0. The molecular formula is C17H17O3P. The normalized spacial score (nSPS) is 16.9. The first-order chi connectivity index (χ1) is 9.96. The molecule has 0 aliphatic carbocycles. The van der Waals surface area contributed by atoms with Crippen LogP contribution in [0.5, 0.6) is 5.75 Å².